The molecule has 6 rings (SSSR count). The summed E-state index contributed by atoms with van der Waals surface area (Å²) in [6.07, 6.45) is 10.4. The molecule has 1 N–H and O–H groups in total. The van der Waals surface area contributed by atoms with Gasteiger partial charge in [-0.1, -0.05) is 37.3 Å². The van der Waals surface area contributed by atoms with Crippen LogP contribution in [-0.4, -0.2) is 17.9 Å². The number of nitrogens with zero attached hydrogens (tertiary/aromatic N) is 1. The normalized spacial score (nSPS) is 36.5. The Hall–Kier alpha value is -1.83. The van der Waals surface area contributed by atoms with E-state index in [-0.39, 0.29) is 0 Å². The maximum Gasteiger partial charge on any atom is 0.124 e. The SMILES string of the molecule is CC12CC3CC(C1)CC(CN=Cc1c(O)ccc4ccccc14)(C3)C2. The van der Waals surface area contributed by atoms with E-state index in [4.69, 9.17) is 4.99 Å². The molecule has 2 heteroatoms. The van der Waals surface area contributed by atoms with Crippen LogP contribution in [0.2, 0.25) is 0 Å². The maximum atomic E-state index is 10.3. The molecule has 2 nitrogen and oxygen atoms in total. The minimum Gasteiger partial charge on any atom is -0.507 e. The maximum absolute atomic E-state index is 10.3. The number of phenolic OH excluding ortho intramolecular Hbond substituents is 1. The summed E-state index contributed by atoms with van der Waals surface area (Å²) in [5.41, 5.74) is 1.87. The molecule has 0 aliphatic heterocycles. The molecular weight excluding hydrogens is 306 g/mol. The third-order valence-corrected chi connectivity index (χ3v) is 7.07. The molecule has 25 heavy (non-hydrogen) atoms. The number of aliphatic imine (C=N–C) groups is 1. The van der Waals surface area contributed by atoms with Gasteiger partial charge in [-0.3, -0.25) is 4.99 Å². The van der Waals surface area contributed by atoms with Crippen LogP contribution >= 0.6 is 0 Å². The second-order valence-corrected chi connectivity index (χ2v) is 9.46. The Bertz CT molecular complexity index is 838. The molecule has 4 saturated carbocycles. The largest absolute Gasteiger partial charge is 0.507 e. The van der Waals surface area contributed by atoms with Crippen molar-refractivity contribution in [2.75, 3.05) is 6.54 Å². The van der Waals surface area contributed by atoms with Gasteiger partial charge in [0.2, 0.25) is 0 Å². The van der Waals surface area contributed by atoms with Gasteiger partial charge in [-0.25, -0.2) is 0 Å². The Morgan fingerprint density at radius 3 is 2.60 bits per heavy atom. The fourth-order valence-corrected chi connectivity index (χ4v) is 6.86. The van der Waals surface area contributed by atoms with Gasteiger partial charge in [0.25, 0.3) is 0 Å². The smallest absolute Gasteiger partial charge is 0.124 e. The molecule has 0 radical (unpaired) electrons. The predicted molar refractivity (Wildman–Crippen MR) is 103 cm³/mol. The molecule has 2 aromatic carbocycles. The van der Waals surface area contributed by atoms with Crippen molar-refractivity contribution in [1.82, 2.24) is 0 Å². The van der Waals surface area contributed by atoms with Crippen LogP contribution in [0, 0.1) is 22.7 Å². The molecule has 0 amide bonds. The van der Waals surface area contributed by atoms with E-state index in [1.165, 1.54) is 38.5 Å². The number of benzene rings is 2. The number of aromatic hydroxyl groups is 1. The molecule has 4 bridgehead atoms. The lowest BCUT2D eigenvalue weighted by molar-refractivity contribution is -0.0961. The van der Waals surface area contributed by atoms with E-state index in [0.29, 0.717) is 16.6 Å². The van der Waals surface area contributed by atoms with Crippen LogP contribution in [0.15, 0.2) is 41.4 Å². The summed E-state index contributed by atoms with van der Waals surface area (Å²) in [6, 6.07) is 12.0. The number of phenols is 1. The zero-order valence-corrected chi connectivity index (χ0v) is 15.0. The number of hydrogen-bond donors (Lipinski definition) is 1. The first kappa shape index (κ1) is 15.4. The highest BCUT2D eigenvalue weighted by atomic mass is 16.3. The fourth-order valence-electron chi connectivity index (χ4n) is 6.86. The Balaban J connectivity index is 1.43. The van der Waals surface area contributed by atoms with Crippen LogP contribution in [0.4, 0.5) is 0 Å². The molecule has 4 aliphatic rings. The Kier molecular flexibility index (Phi) is 3.29. The monoisotopic (exact) mass is 333 g/mol. The van der Waals surface area contributed by atoms with Gasteiger partial charge in [0, 0.05) is 18.3 Å². The average Bonchev–Trinajstić information content (AvgIpc) is 2.54. The highest BCUT2D eigenvalue weighted by Crippen LogP contribution is 2.65. The second-order valence-electron chi connectivity index (χ2n) is 9.46. The summed E-state index contributed by atoms with van der Waals surface area (Å²) < 4.78 is 0. The van der Waals surface area contributed by atoms with Crippen molar-refractivity contribution in [2.45, 2.75) is 45.4 Å². The zero-order valence-electron chi connectivity index (χ0n) is 15.0. The third kappa shape index (κ3) is 2.58. The quantitative estimate of drug-likeness (QED) is 0.732. The average molecular weight is 333 g/mol. The summed E-state index contributed by atoms with van der Waals surface area (Å²) in [4.78, 5) is 4.89. The van der Waals surface area contributed by atoms with E-state index in [1.807, 2.05) is 24.4 Å². The van der Waals surface area contributed by atoms with Crippen molar-refractivity contribution in [3.8, 4) is 5.75 Å². The first-order valence-electron chi connectivity index (χ1n) is 9.75. The van der Waals surface area contributed by atoms with E-state index in [2.05, 4.69) is 19.1 Å². The molecule has 2 unspecified atom stereocenters. The molecule has 0 saturated heterocycles. The predicted octanol–water partition coefficient (Wildman–Crippen LogP) is 5.57. The molecule has 0 aromatic heterocycles. The Morgan fingerprint density at radius 2 is 1.84 bits per heavy atom. The zero-order chi connectivity index (χ0) is 17.1. The summed E-state index contributed by atoms with van der Waals surface area (Å²) in [7, 11) is 0. The van der Waals surface area contributed by atoms with Gasteiger partial charge in [-0.2, -0.15) is 0 Å². The summed E-state index contributed by atoms with van der Waals surface area (Å²) in [5, 5.41) is 12.6. The van der Waals surface area contributed by atoms with Crippen molar-refractivity contribution in [3.05, 3.63) is 42.0 Å². The summed E-state index contributed by atoms with van der Waals surface area (Å²) >= 11 is 0. The van der Waals surface area contributed by atoms with Gasteiger partial charge in [-0.15, -0.1) is 0 Å². The molecular formula is C23H27NO. The standard InChI is InChI=1S/C23H27NO/c1-22-9-16-8-17(10-22)12-23(11-16,14-22)15-24-13-20-19-5-3-2-4-18(19)6-7-21(20)25/h2-7,13,16-17,25H,8-12,14-15H2,1H3. The van der Waals surface area contributed by atoms with Crippen LogP contribution in [0.5, 0.6) is 5.75 Å². The molecule has 4 aliphatic carbocycles. The Labute approximate surface area is 150 Å². The van der Waals surface area contributed by atoms with Gasteiger partial charge >= 0.3 is 0 Å². The van der Waals surface area contributed by atoms with Crippen molar-refractivity contribution in [2.24, 2.45) is 27.7 Å². The summed E-state index contributed by atoms with van der Waals surface area (Å²) in [6.45, 7) is 3.44. The van der Waals surface area contributed by atoms with Crippen LogP contribution in [0.3, 0.4) is 0 Å². The first-order chi connectivity index (χ1) is 12.0. The van der Waals surface area contributed by atoms with Gasteiger partial charge in [0.1, 0.15) is 5.75 Å². The highest BCUT2D eigenvalue weighted by Gasteiger charge is 2.55. The van der Waals surface area contributed by atoms with Crippen LogP contribution in [0.25, 0.3) is 10.8 Å². The van der Waals surface area contributed by atoms with Crippen molar-refractivity contribution in [3.63, 3.8) is 0 Å². The summed E-state index contributed by atoms with van der Waals surface area (Å²) in [5.74, 6) is 2.21. The van der Waals surface area contributed by atoms with E-state index < -0.39 is 0 Å². The topological polar surface area (TPSA) is 32.6 Å². The van der Waals surface area contributed by atoms with Gasteiger partial charge in [0.05, 0.1) is 0 Å². The van der Waals surface area contributed by atoms with Gasteiger partial charge in [-0.05, 0) is 78.0 Å². The third-order valence-electron chi connectivity index (χ3n) is 7.07. The van der Waals surface area contributed by atoms with Crippen LogP contribution in [-0.2, 0) is 0 Å². The molecule has 2 aromatic rings. The molecule has 4 fully saturated rings. The van der Waals surface area contributed by atoms with E-state index in [1.54, 1.807) is 6.07 Å². The molecule has 0 heterocycles. The lowest BCUT2D eigenvalue weighted by Crippen LogP contribution is -2.51. The van der Waals surface area contributed by atoms with Crippen molar-refractivity contribution < 1.29 is 5.11 Å². The van der Waals surface area contributed by atoms with Crippen molar-refractivity contribution in [1.29, 1.82) is 0 Å². The number of fused-ring (bicyclic) bond motifs is 1. The number of hydrogen-bond acceptors (Lipinski definition) is 2. The van der Waals surface area contributed by atoms with Crippen LogP contribution in [0.1, 0.15) is 51.0 Å². The number of rotatable bonds is 3. The molecule has 130 valence electrons. The fraction of sp³-hybridized carbons (Fsp3) is 0.522. The lowest BCUT2D eigenvalue weighted by Gasteiger charge is -2.61. The lowest BCUT2D eigenvalue weighted by atomic mass is 9.45. The first-order valence-corrected chi connectivity index (χ1v) is 9.75. The van der Waals surface area contributed by atoms with E-state index in [9.17, 15) is 5.11 Å². The second kappa shape index (κ2) is 5.33. The van der Waals surface area contributed by atoms with Crippen LogP contribution < -0.4 is 0 Å². The van der Waals surface area contributed by atoms with E-state index >= 15 is 0 Å². The molecule has 2 atom stereocenters. The molecule has 0 spiro atoms. The minimum atomic E-state index is 0.333. The van der Waals surface area contributed by atoms with Gasteiger partial charge in [0.15, 0.2) is 0 Å². The van der Waals surface area contributed by atoms with Crippen molar-refractivity contribution >= 4 is 17.0 Å². The minimum absolute atomic E-state index is 0.333. The highest BCUT2D eigenvalue weighted by molar-refractivity contribution is 6.02. The van der Waals surface area contributed by atoms with E-state index in [0.717, 1.165) is 34.7 Å². The Morgan fingerprint density at radius 1 is 1.08 bits per heavy atom. The van der Waals surface area contributed by atoms with Gasteiger partial charge < -0.3 is 5.11 Å².